The number of hydrogen-bond acceptors (Lipinski definition) is 2. The highest BCUT2D eigenvalue weighted by Gasteiger charge is 2.26. The Bertz CT molecular complexity index is 400. The summed E-state index contributed by atoms with van der Waals surface area (Å²) in [4.78, 5) is 14.8. The molecule has 0 bridgehead atoms. The third-order valence-corrected chi connectivity index (χ3v) is 3.97. The van der Waals surface area contributed by atoms with Gasteiger partial charge in [-0.25, -0.2) is 0 Å². The summed E-state index contributed by atoms with van der Waals surface area (Å²) in [6.45, 7) is 8.61. The number of Topliss-reactive ketones (excluding diaryl/α,β-unsaturated/α-hetero) is 1. The normalized spacial score (nSPS) is 18.2. The monoisotopic (exact) mass is 245 g/mol. The molecule has 98 valence electrons. The molecule has 1 aromatic carbocycles. The molecule has 1 aromatic rings. The number of piperidine rings is 1. The summed E-state index contributed by atoms with van der Waals surface area (Å²) in [5, 5.41) is 0. The molecule has 18 heavy (non-hydrogen) atoms. The summed E-state index contributed by atoms with van der Waals surface area (Å²) in [5.41, 5.74) is 2.09. The van der Waals surface area contributed by atoms with E-state index in [2.05, 4.69) is 25.7 Å². The van der Waals surface area contributed by atoms with Gasteiger partial charge in [0.15, 0.2) is 5.78 Å². The van der Waals surface area contributed by atoms with Gasteiger partial charge in [0, 0.05) is 17.5 Å². The van der Waals surface area contributed by atoms with E-state index >= 15 is 0 Å². The van der Waals surface area contributed by atoms with Crippen LogP contribution < -0.4 is 0 Å². The van der Waals surface area contributed by atoms with Crippen molar-refractivity contribution in [2.75, 3.05) is 13.1 Å². The Morgan fingerprint density at radius 2 is 1.72 bits per heavy atom. The Hall–Kier alpha value is -1.15. The van der Waals surface area contributed by atoms with Gasteiger partial charge in [0.2, 0.25) is 0 Å². The molecular formula is C16H23NO. The van der Waals surface area contributed by atoms with Crippen molar-refractivity contribution in [2.45, 2.75) is 39.7 Å². The lowest BCUT2D eigenvalue weighted by Crippen LogP contribution is -2.40. The van der Waals surface area contributed by atoms with Crippen molar-refractivity contribution in [2.24, 2.45) is 5.92 Å². The second kappa shape index (κ2) is 5.66. The smallest absolute Gasteiger partial charge is 0.166 e. The second-order valence-electron chi connectivity index (χ2n) is 5.63. The number of benzene rings is 1. The maximum absolute atomic E-state index is 12.4. The van der Waals surface area contributed by atoms with Gasteiger partial charge in [-0.05, 0) is 46.7 Å². The van der Waals surface area contributed by atoms with Crippen LogP contribution in [0.1, 0.15) is 42.6 Å². The van der Waals surface area contributed by atoms with Gasteiger partial charge in [-0.2, -0.15) is 0 Å². The first kappa shape index (κ1) is 13.3. The molecule has 1 saturated heterocycles. The lowest BCUT2D eigenvalue weighted by Gasteiger charge is -2.34. The fourth-order valence-corrected chi connectivity index (χ4v) is 2.63. The van der Waals surface area contributed by atoms with Gasteiger partial charge in [-0.15, -0.1) is 0 Å². The molecule has 0 radical (unpaired) electrons. The minimum absolute atomic E-state index is 0.225. The Morgan fingerprint density at radius 1 is 1.17 bits per heavy atom. The van der Waals surface area contributed by atoms with Crippen LogP contribution in [0.2, 0.25) is 0 Å². The van der Waals surface area contributed by atoms with Crippen LogP contribution in [0.4, 0.5) is 0 Å². The van der Waals surface area contributed by atoms with Crippen molar-refractivity contribution in [1.82, 2.24) is 4.90 Å². The lowest BCUT2D eigenvalue weighted by atomic mass is 9.88. The molecular weight excluding hydrogens is 222 g/mol. The number of ketones is 1. The first-order valence-electron chi connectivity index (χ1n) is 6.93. The van der Waals surface area contributed by atoms with Crippen molar-refractivity contribution in [3.8, 4) is 0 Å². The van der Waals surface area contributed by atoms with E-state index in [4.69, 9.17) is 0 Å². The maximum Gasteiger partial charge on any atom is 0.166 e. The zero-order valence-corrected chi connectivity index (χ0v) is 11.6. The SMILES string of the molecule is Cc1ccc(C(=O)C2CCN(C(C)C)CC2)cc1. The molecule has 0 N–H and O–H groups in total. The number of aryl methyl sites for hydroxylation is 1. The largest absolute Gasteiger partial charge is 0.301 e. The van der Waals surface area contributed by atoms with Gasteiger partial charge >= 0.3 is 0 Å². The molecule has 0 spiro atoms. The summed E-state index contributed by atoms with van der Waals surface area (Å²) < 4.78 is 0. The number of rotatable bonds is 3. The first-order chi connectivity index (χ1) is 8.58. The minimum atomic E-state index is 0.225. The molecule has 2 heteroatoms. The molecule has 0 atom stereocenters. The minimum Gasteiger partial charge on any atom is -0.301 e. The van der Waals surface area contributed by atoms with Crippen LogP contribution in [0.3, 0.4) is 0 Å². The van der Waals surface area contributed by atoms with Crippen LogP contribution in [-0.2, 0) is 0 Å². The van der Waals surface area contributed by atoms with E-state index in [1.807, 2.05) is 24.3 Å². The van der Waals surface area contributed by atoms with E-state index < -0.39 is 0 Å². The molecule has 1 heterocycles. The van der Waals surface area contributed by atoms with E-state index in [1.54, 1.807) is 0 Å². The summed E-state index contributed by atoms with van der Waals surface area (Å²) in [5.74, 6) is 0.557. The molecule has 0 aliphatic carbocycles. The average molecular weight is 245 g/mol. The van der Waals surface area contributed by atoms with Gasteiger partial charge in [0.1, 0.15) is 0 Å². The van der Waals surface area contributed by atoms with Crippen LogP contribution in [0.15, 0.2) is 24.3 Å². The summed E-state index contributed by atoms with van der Waals surface area (Å²) in [6, 6.07) is 8.58. The topological polar surface area (TPSA) is 20.3 Å². The van der Waals surface area contributed by atoms with Crippen molar-refractivity contribution in [3.05, 3.63) is 35.4 Å². The maximum atomic E-state index is 12.4. The molecule has 1 fully saturated rings. The molecule has 0 unspecified atom stereocenters. The van der Waals surface area contributed by atoms with Crippen LogP contribution in [0.25, 0.3) is 0 Å². The van der Waals surface area contributed by atoms with E-state index in [9.17, 15) is 4.79 Å². The van der Waals surface area contributed by atoms with Gasteiger partial charge in [0.25, 0.3) is 0 Å². The highest BCUT2D eigenvalue weighted by molar-refractivity contribution is 5.97. The van der Waals surface area contributed by atoms with Crippen LogP contribution in [-0.4, -0.2) is 29.8 Å². The highest BCUT2D eigenvalue weighted by Crippen LogP contribution is 2.23. The van der Waals surface area contributed by atoms with Crippen molar-refractivity contribution in [3.63, 3.8) is 0 Å². The average Bonchev–Trinajstić information content (AvgIpc) is 2.39. The summed E-state index contributed by atoms with van der Waals surface area (Å²) >= 11 is 0. The third-order valence-electron chi connectivity index (χ3n) is 3.97. The molecule has 1 aliphatic heterocycles. The highest BCUT2D eigenvalue weighted by atomic mass is 16.1. The van der Waals surface area contributed by atoms with Gasteiger partial charge in [-0.1, -0.05) is 29.8 Å². The fourth-order valence-electron chi connectivity index (χ4n) is 2.63. The van der Waals surface area contributed by atoms with E-state index in [0.717, 1.165) is 31.5 Å². The van der Waals surface area contributed by atoms with Crippen LogP contribution in [0.5, 0.6) is 0 Å². The van der Waals surface area contributed by atoms with Crippen molar-refractivity contribution >= 4 is 5.78 Å². The Morgan fingerprint density at radius 3 is 2.22 bits per heavy atom. The number of hydrogen-bond donors (Lipinski definition) is 0. The molecule has 0 amide bonds. The third kappa shape index (κ3) is 2.99. The number of nitrogens with zero attached hydrogens (tertiary/aromatic N) is 1. The van der Waals surface area contributed by atoms with Gasteiger partial charge in [-0.3, -0.25) is 4.79 Å². The van der Waals surface area contributed by atoms with E-state index in [-0.39, 0.29) is 5.92 Å². The molecule has 0 saturated carbocycles. The molecule has 2 rings (SSSR count). The summed E-state index contributed by atoms with van der Waals surface area (Å²) in [7, 11) is 0. The first-order valence-corrected chi connectivity index (χ1v) is 6.93. The van der Waals surface area contributed by atoms with Crippen LogP contribution in [0, 0.1) is 12.8 Å². The Labute approximate surface area is 110 Å². The Balaban J connectivity index is 1.97. The van der Waals surface area contributed by atoms with E-state index in [1.165, 1.54) is 5.56 Å². The predicted octanol–water partition coefficient (Wildman–Crippen LogP) is 3.30. The van der Waals surface area contributed by atoms with Crippen molar-refractivity contribution < 1.29 is 4.79 Å². The zero-order valence-electron chi connectivity index (χ0n) is 11.6. The zero-order chi connectivity index (χ0) is 13.1. The van der Waals surface area contributed by atoms with Gasteiger partial charge in [0.05, 0.1) is 0 Å². The number of carbonyl (C=O) groups is 1. The quantitative estimate of drug-likeness (QED) is 0.762. The molecule has 0 aromatic heterocycles. The standard InChI is InChI=1S/C16H23NO/c1-12(2)17-10-8-15(9-11-17)16(18)14-6-4-13(3)5-7-14/h4-7,12,15H,8-11H2,1-3H3. The number of carbonyl (C=O) groups excluding carboxylic acids is 1. The number of likely N-dealkylation sites (tertiary alicyclic amines) is 1. The molecule has 2 nitrogen and oxygen atoms in total. The molecule has 1 aliphatic rings. The predicted molar refractivity (Wildman–Crippen MR) is 74.9 cm³/mol. The van der Waals surface area contributed by atoms with Crippen molar-refractivity contribution in [1.29, 1.82) is 0 Å². The lowest BCUT2D eigenvalue weighted by molar-refractivity contribution is 0.0811. The fraction of sp³-hybridized carbons (Fsp3) is 0.562. The second-order valence-corrected chi connectivity index (χ2v) is 5.63. The van der Waals surface area contributed by atoms with E-state index in [0.29, 0.717) is 11.8 Å². The van der Waals surface area contributed by atoms with Crippen LogP contribution >= 0.6 is 0 Å². The Kier molecular flexibility index (Phi) is 4.18. The summed E-state index contributed by atoms with van der Waals surface area (Å²) in [6.07, 6.45) is 2.01. The van der Waals surface area contributed by atoms with Gasteiger partial charge < -0.3 is 4.90 Å².